The van der Waals surface area contributed by atoms with Gasteiger partial charge in [0.05, 0.1) is 37.3 Å². The number of ether oxygens (including phenoxy) is 2. The second-order valence-corrected chi connectivity index (χ2v) is 7.71. The number of nitrogens with zero attached hydrogens (tertiary/aromatic N) is 3. The van der Waals surface area contributed by atoms with Crippen LogP contribution in [0.15, 0.2) is 30.3 Å². The number of anilines is 1. The fourth-order valence-corrected chi connectivity index (χ4v) is 4.28. The Bertz CT molecular complexity index is 1080. The molecule has 4 rings (SSSR count). The van der Waals surface area contributed by atoms with Crippen LogP contribution in [0.4, 0.5) is 11.4 Å². The lowest BCUT2D eigenvalue weighted by Crippen LogP contribution is -2.44. The van der Waals surface area contributed by atoms with E-state index in [4.69, 9.17) is 9.47 Å². The molecule has 1 saturated heterocycles. The van der Waals surface area contributed by atoms with Crippen LogP contribution < -0.4 is 14.4 Å². The Morgan fingerprint density at radius 1 is 1.06 bits per heavy atom. The number of methoxy groups -OCH3 is 2. The molecule has 0 saturated carbocycles. The Morgan fingerprint density at radius 3 is 2.39 bits per heavy atom. The number of nitro groups is 1. The van der Waals surface area contributed by atoms with Crippen molar-refractivity contribution in [1.82, 2.24) is 4.90 Å². The molecule has 0 spiro atoms. The average molecular weight is 425 g/mol. The van der Waals surface area contributed by atoms with E-state index in [1.165, 1.54) is 6.07 Å². The molecule has 31 heavy (non-hydrogen) atoms. The Kier molecular flexibility index (Phi) is 5.36. The molecule has 2 aliphatic rings. The third kappa shape index (κ3) is 3.61. The minimum atomic E-state index is -0.603. The molecule has 0 N–H and O–H groups in total. The maximum Gasteiger partial charge on any atom is 0.274 e. The summed E-state index contributed by atoms with van der Waals surface area (Å²) in [5.41, 5.74) is 2.74. The summed E-state index contributed by atoms with van der Waals surface area (Å²) < 4.78 is 10.8. The van der Waals surface area contributed by atoms with Crippen molar-refractivity contribution in [3.05, 3.63) is 57.1 Å². The van der Waals surface area contributed by atoms with Crippen molar-refractivity contribution in [2.24, 2.45) is 0 Å². The Hall–Kier alpha value is -3.46. The molecule has 2 aliphatic heterocycles. The highest BCUT2D eigenvalue weighted by Gasteiger charge is 2.43. The molecule has 0 aliphatic carbocycles. The molecule has 162 valence electrons. The Labute approximate surface area is 179 Å². The lowest BCUT2D eigenvalue weighted by Gasteiger charge is -2.32. The number of nitro benzene ring substituents is 1. The summed E-state index contributed by atoms with van der Waals surface area (Å²) >= 11 is 0. The molecule has 2 heterocycles. The van der Waals surface area contributed by atoms with Crippen LogP contribution in [0.5, 0.6) is 11.5 Å². The van der Waals surface area contributed by atoms with Gasteiger partial charge in [0.2, 0.25) is 5.91 Å². The van der Waals surface area contributed by atoms with Gasteiger partial charge in [-0.3, -0.25) is 24.6 Å². The number of amides is 2. The number of fused-ring (bicyclic) bond motifs is 1. The summed E-state index contributed by atoms with van der Waals surface area (Å²) in [4.78, 5) is 39.7. The van der Waals surface area contributed by atoms with Crippen molar-refractivity contribution in [2.75, 3.05) is 25.7 Å². The van der Waals surface area contributed by atoms with Crippen molar-refractivity contribution in [3.8, 4) is 11.5 Å². The van der Waals surface area contributed by atoms with E-state index in [0.717, 1.165) is 16.0 Å². The molecule has 9 heteroatoms. The third-order valence-electron chi connectivity index (χ3n) is 5.96. The molecule has 2 amide bonds. The molecule has 9 nitrogen and oxygen atoms in total. The van der Waals surface area contributed by atoms with Crippen molar-refractivity contribution >= 4 is 23.2 Å². The maximum atomic E-state index is 13.2. The predicted octanol–water partition coefficient (Wildman–Crippen LogP) is 2.61. The summed E-state index contributed by atoms with van der Waals surface area (Å²) in [7, 11) is 3.16. The predicted molar refractivity (Wildman–Crippen MR) is 112 cm³/mol. The summed E-state index contributed by atoms with van der Waals surface area (Å²) in [6.45, 7) is 2.74. The monoisotopic (exact) mass is 425 g/mol. The number of benzene rings is 2. The molecule has 1 atom stereocenters. The summed E-state index contributed by atoms with van der Waals surface area (Å²) in [6, 6.07) is 7.67. The van der Waals surface area contributed by atoms with Gasteiger partial charge in [0.15, 0.2) is 11.5 Å². The molecule has 1 fully saturated rings. The first-order valence-electron chi connectivity index (χ1n) is 9.93. The maximum absolute atomic E-state index is 13.2. The van der Waals surface area contributed by atoms with Crippen molar-refractivity contribution < 1.29 is 24.0 Å². The first-order valence-corrected chi connectivity index (χ1v) is 9.93. The van der Waals surface area contributed by atoms with Gasteiger partial charge in [0.1, 0.15) is 0 Å². The van der Waals surface area contributed by atoms with Crippen LogP contribution in [0.25, 0.3) is 0 Å². The second-order valence-electron chi connectivity index (χ2n) is 7.71. The first kappa shape index (κ1) is 20.8. The highest BCUT2D eigenvalue weighted by Crippen LogP contribution is 2.36. The lowest BCUT2D eigenvalue weighted by atomic mass is 9.97. The number of hydrogen-bond donors (Lipinski definition) is 0. The van der Waals surface area contributed by atoms with Gasteiger partial charge >= 0.3 is 0 Å². The number of hydrogen-bond acceptors (Lipinski definition) is 7. The van der Waals surface area contributed by atoms with Crippen LogP contribution >= 0.6 is 0 Å². The largest absolute Gasteiger partial charge is 0.493 e. The molecule has 0 unspecified atom stereocenters. The van der Waals surface area contributed by atoms with E-state index in [0.29, 0.717) is 36.6 Å². The van der Waals surface area contributed by atoms with E-state index in [1.54, 1.807) is 33.3 Å². The van der Waals surface area contributed by atoms with Gasteiger partial charge in [0.25, 0.3) is 11.6 Å². The lowest BCUT2D eigenvalue weighted by molar-refractivity contribution is -0.385. The zero-order chi connectivity index (χ0) is 22.3. The number of carbonyl (C=O) groups is 2. The molecule has 0 bridgehead atoms. The van der Waals surface area contributed by atoms with Gasteiger partial charge in [-0.05, 0) is 42.7 Å². The SMILES string of the molecule is COc1cc2c(cc1OC)CN([C@@H]1CC(=O)N(c3ccc(C)c([N+](=O)[O-])c3)C1=O)CC2. The molecule has 2 aromatic carbocycles. The quantitative estimate of drug-likeness (QED) is 0.412. The van der Waals surface area contributed by atoms with Crippen molar-refractivity contribution in [3.63, 3.8) is 0 Å². The normalized spacial score (nSPS) is 18.8. The fraction of sp³-hybridized carbons (Fsp3) is 0.364. The van der Waals surface area contributed by atoms with E-state index in [-0.39, 0.29) is 29.6 Å². The molecular formula is C22H23N3O6. The minimum Gasteiger partial charge on any atom is -0.493 e. The second kappa shape index (κ2) is 7.99. The standard InChI is InChI=1S/C22H23N3O6/c1-13-4-5-16(10-17(13)25(28)29)24-21(26)11-18(22(24)27)23-7-6-14-8-19(30-2)20(31-3)9-15(14)12-23/h4-5,8-10,18H,6-7,11-12H2,1-3H3/t18-/m1/s1. The fourth-order valence-electron chi connectivity index (χ4n) is 4.28. The van der Waals surface area contributed by atoms with Crippen LogP contribution in [0.1, 0.15) is 23.1 Å². The minimum absolute atomic E-state index is 0.0448. The first-order chi connectivity index (χ1) is 14.8. The smallest absolute Gasteiger partial charge is 0.274 e. The highest BCUT2D eigenvalue weighted by atomic mass is 16.6. The van der Waals surface area contributed by atoms with Gasteiger partial charge < -0.3 is 9.47 Å². The summed E-state index contributed by atoms with van der Waals surface area (Å²) in [6.07, 6.45) is 0.757. The van der Waals surface area contributed by atoms with Gasteiger partial charge in [0, 0.05) is 24.7 Å². The van der Waals surface area contributed by atoms with Gasteiger partial charge in [-0.2, -0.15) is 0 Å². The topological polar surface area (TPSA) is 102 Å². The summed E-state index contributed by atoms with van der Waals surface area (Å²) in [5.74, 6) is 0.567. The number of rotatable bonds is 5. The van der Waals surface area contributed by atoms with E-state index < -0.39 is 11.0 Å². The third-order valence-corrected chi connectivity index (χ3v) is 5.96. The van der Waals surface area contributed by atoms with Crippen LogP contribution in [0, 0.1) is 17.0 Å². The van der Waals surface area contributed by atoms with Gasteiger partial charge in [-0.15, -0.1) is 0 Å². The average Bonchev–Trinajstić information content (AvgIpc) is 3.06. The molecular weight excluding hydrogens is 402 g/mol. The van der Waals surface area contributed by atoms with E-state index in [9.17, 15) is 19.7 Å². The van der Waals surface area contributed by atoms with Crippen molar-refractivity contribution in [2.45, 2.75) is 32.4 Å². The number of carbonyl (C=O) groups excluding carboxylic acids is 2. The van der Waals surface area contributed by atoms with Crippen LogP contribution in [-0.2, 0) is 22.6 Å². The van der Waals surface area contributed by atoms with E-state index in [1.807, 2.05) is 17.0 Å². The molecule has 0 radical (unpaired) electrons. The molecule has 2 aromatic rings. The number of aryl methyl sites for hydroxylation is 1. The Balaban J connectivity index is 1.59. The van der Waals surface area contributed by atoms with Gasteiger partial charge in [-0.25, -0.2) is 4.90 Å². The zero-order valence-electron chi connectivity index (χ0n) is 17.6. The Morgan fingerprint density at radius 2 is 1.74 bits per heavy atom. The zero-order valence-corrected chi connectivity index (χ0v) is 17.6. The van der Waals surface area contributed by atoms with E-state index >= 15 is 0 Å². The molecule has 0 aromatic heterocycles. The summed E-state index contributed by atoms with van der Waals surface area (Å²) in [5, 5.41) is 11.3. The van der Waals surface area contributed by atoms with Crippen LogP contribution in [0.2, 0.25) is 0 Å². The van der Waals surface area contributed by atoms with Gasteiger partial charge in [-0.1, -0.05) is 6.07 Å². The number of imide groups is 1. The highest BCUT2D eigenvalue weighted by molar-refractivity contribution is 6.22. The van der Waals surface area contributed by atoms with Crippen LogP contribution in [0.3, 0.4) is 0 Å². The van der Waals surface area contributed by atoms with Crippen molar-refractivity contribution in [1.29, 1.82) is 0 Å². The van der Waals surface area contributed by atoms with Crippen LogP contribution in [-0.4, -0.2) is 48.4 Å². The van der Waals surface area contributed by atoms with E-state index in [2.05, 4.69) is 0 Å².